The van der Waals surface area contributed by atoms with Gasteiger partial charge in [0.15, 0.2) is 5.82 Å². The van der Waals surface area contributed by atoms with E-state index in [9.17, 15) is 9.59 Å². The fraction of sp³-hybridized carbons (Fsp3) is 0.125. The van der Waals surface area contributed by atoms with Crippen LogP contribution in [0.4, 0.5) is 5.82 Å². The molecule has 10 heteroatoms. The molecule has 0 bridgehead atoms. The van der Waals surface area contributed by atoms with Crippen LogP contribution in [0, 0.1) is 5.41 Å². The number of halogens is 1. The van der Waals surface area contributed by atoms with E-state index >= 15 is 0 Å². The number of carbonyl (C=O) groups is 2. The number of nitrogens with zero attached hydrogens (tertiary/aromatic N) is 1. The lowest BCUT2D eigenvalue weighted by atomic mass is 10.2. The second kappa shape index (κ2) is 8.17. The average molecular weight is 376 g/mol. The number of anilines is 1. The highest BCUT2D eigenvalue weighted by molar-refractivity contribution is 5.97. The molecule has 2 amide bonds. The highest BCUT2D eigenvalue weighted by Crippen LogP contribution is 2.22. The standard InChI is InChI=1S/C16H17N7O2.ClH/c17-13(18)5-6-19-16(25)9-1-2-10-12(7-9)23-15(22-10)11-3-4-14(21-11)20-8-24;/h1-4,7-8,21H,5-6H2,(H3,17,18)(H,19,25)(H,20,24)(H,22,23);1H. The second-order valence-electron chi connectivity index (χ2n) is 5.40. The van der Waals surface area contributed by atoms with E-state index in [4.69, 9.17) is 11.1 Å². The number of fused-ring (bicyclic) bond motifs is 1. The van der Waals surface area contributed by atoms with E-state index in [1.54, 1.807) is 30.3 Å². The summed E-state index contributed by atoms with van der Waals surface area (Å²) >= 11 is 0. The monoisotopic (exact) mass is 375 g/mol. The first-order chi connectivity index (χ1) is 12.1. The Hall–Kier alpha value is -3.33. The summed E-state index contributed by atoms with van der Waals surface area (Å²) in [6, 6.07) is 8.68. The van der Waals surface area contributed by atoms with Crippen LogP contribution < -0.4 is 16.4 Å². The molecule has 7 N–H and O–H groups in total. The van der Waals surface area contributed by atoms with Gasteiger partial charge in [-0.2, -0.15) is 0 Å². The Balaban J connectivity index is 0.00000243. The van der Waals surface area contributed by atoms with E-state index in [1.807, 2.05) is 0 Å². The number of benzene rings is 1. The summed E-state index contributed by atoms with van der Waals surface area (Å²) in [6.45, 7) is 0.313. The maximum absolute atomic E-state index is 12.1. The Morgan fingerprint density at radius 2 is 2.08 bits per heavy atom. The molecule has 1 aromatic carbocycles. The van der Waals surface area contributed by atoms with Crippen molar-refractivity contribution >= 4 is 47.4 Å². The highest BCUT2D eigenvalue weighted by atomic mass is 35.5. The molecule has 136 valence electrons. The minimum absolute atomic E-state index is 0. The molecule has 3 rings (SSSR count). The normalized spacial score (nSPS) is 10.2. The number of hydrogen-bond acceptors (Lipinski definition) is 4. The van der Waals surface area contributed by atoms with E-state index in [0.717, 1.165) is 5.52 Å². The molecule has 2 heterocycles. The molecule has 0 saturated carbocycles. The van der Waals surface area contributed by atoms with Crippen molar-refractivity contribution in [1.29, 1.82) is 5.41 Å². The van der Waals surface area contributed by atoms with Gasteiger partial charge in [0.25, 0.3) is 5.91 Å². The van der Waals surface area contributed by atoms with Gasteiger partial charge in [0, 0.05) is 18.5 Å². The number of amidine groups is 1. The molecule has 0 spiro atoms. The Morgan fingerprint density at radius 1 is 1.27 bits per heavy atom. The van der Waals surface area contributed by atoms with Gasteiger partial charge in [-0.25, -0.2) is 4.98 Å². The first kappa shape index (κ1) is 19.0. The van der Waals surface area contributed by atoms with Crippen molar-refractivity contribution in [3.63, 3.8) is 0 Å². The average Bonchev–Trinajstić information content (AvgIpc) is 3.20. The predicted molar refractivity (Wildman–Crippen MR) is 102 cm³/mol. The molecular formula is C16H18ClN7O2. The summed E-state index contributed by atoms with van der Waals surface area (Å²) in [5, 5.41) is 12.4. The lowest BCUT2D eigenvalue weighted by Crippen LogP contribution is -2.27. The number of rotatable bonds is 7. The Kier molecular flexibility index (Phi) is 5.97. The summed E-state index contributed by atoms with van der Waals surface area (Å²) in [6.07, 6.45) is 0.899. The zero-order chi connectivity index (χ0) is 17.8. The van der Waals surface area contributed by atoms with Gasteiger partial charge in [0.1, 0.15) is 5.82 Å². The number of aromatic amines is 2. The lowest BCUT2D eigenvalue weighted by Gasteiger charge is -2.04. The number of nitrogens with one attached hydrogen (secondary N) is 5. The molecule has 0 atom stereocenters. The van der Waals surface area contributed by atoms with Crippen LogP contribution in [0.3, 0.4) is 0 Å². The maximum atomic E-state index is 12.1. The molecule has 0 aliphatic carbocycles. The number of carbonyl (C=O) groups excluding carboxylic acids is 2. The van der Waals surface area contributed by atoms with Crippen LogP contribution in [-0.4, -0.2) is 39.6 Å². The van der Waals surface area contributed by atoms with Crippen LogP contribution >= 0.6 is 12.4 Å². The van der Waals surface area contributed by atoms with Crippen molar-refractivity contribution in [3.8, 4) is 11.5 Å². The third-order valence-corrected chi connectivity index (χ3v) is 3.58. The van der Waals surface area contributed by atoms with Crippen molar-refractivity contribution in [2.24, 2.45) is 5.73 Å². The Bertz CT molecular complexity index is 947. The highest BCUT2D eigenvalue weighted by Gasteiger charge is 2.11. The van der Waals surface area contributed by atoms with Crippen LogP contribution in [0.15, 0.2) is 30.3 Å². The van der Waals surface area contributed by atoms with Crippen molar-refractivity contribution in [2.45, 2.75) is 6.42 Å². The van der Waals surface area contributed by atoms with Gasteiger partial charge >= 0.3 is 0 Å². The van der Waals surface area contributed by atoms with Crippen molar-refractivity contribution in [3.05, 3.63) is 35.9 Å². The topological polar surface area (TPSA) is 153 Å². The number of amides is 2. The number of imidazole rings is 1. The molecular weight excluding hydrogens is 358 g/mol. The molecule has 9 nitrogen and oxygen atoms in total. The first-order valence-electron chi connectivity index (χ1n) is 7.57. The summed E-state index contributed by atoms with van der Waals surface area (Å²) in [4.78, 5) is 33.2. The first-order valence-corrected chi connectivity index (χ1v) is 7.57. The van der Waals surface area contributed by atoms with Crippen molar-refractivity contribution in [2.75, 3.05) is 11.9 Å². The van der Waals surface area contributed by atoms with Crippen LogP contribution in [0.2, 0.25) is 0 Å². The minimum atomic E-state index is -0.245. The summed E-state index contributed by atoms with van der Waals surface area (Å²) in [5.74, 6) is 0.950. The van der Waals surface area contributed by atoms with E-state index in [2.05, 4.69) is 25.6 Å². The van der Waals surface area contributed by atoms with Gasteiger partial charge in [-0.05, 0) is 30.3 Å². The number of H-pyrrole nitrogens is 2. The van der Waals surface area contributed by atoms with E-state index in [0.29, 0.717) is 47.8 Å². The fourth-order valence-electron chi connectivity index (χ4n) is 2.37. The minimum Gasteiger partial charge on any atom is -0.388 e. The Morgan fingerprint density at radius 3 is 2.81 bits per heavy atom. The molecule has 2 aromatic heterocycles. The zero-order valence-electron chi connectivity index (χ0n) is 13.6. The third-order valence-electron chi connectivity index (χ3n) is 3.58. The van der Waals surface area contributed by atoms with Crippen LogP contribution in [0.1, 0.15) is 16.8 Å². The smallest absolute Gasteiger partial charge is 0.251 e. The molecule has 0 unspecified atom stereocenters. The number of hydrogen-bond donors (Lipinski definition) is 6. The molecule has 0 saturated heterocycles. The van der Waals surface area contributed by atoms with Gasteiger partial charge in [-0.15, -0.1) is 12.4 Å². The summed E-state index contributed by atoms with van der Waals surface area (Å²) < 4.78 is 0. The number of nitrogens with two attached hydrogens (primary N) is 1. The predicted octanol–water partition coefficient (Wildman–Crippen LogP) is 1.60. The molecule has 0 radical (unpaired) electrons. The summed E-state index contributed by atoms with van der Waals surface area (Å²) in [5.41, 5.74) is 7.89. The molecule has 0 fully saturated rings. The fourth-order valence-corrected chi connectivity index (χ4v) is 2.37. The van der Waals surface area contributed by atoms with Crippen LogP contribution in [-0.2, 0) is 4.79 Å². The van der Waals surface area contributed by atoms with Gasteiger partial charge in [0.2, 0.25) is 6.41 Å². The van der Waals surface area contributed by atoms with Crippen molar-refractivity contribution in [1.82, 2.24) is 20.3 Å². The molecule has 26 heavy (non-hydrogen) atoms. The second-order valence-corrected chi connectivity index (χ2v) is 5.40. The lowest BCUT2D eigenvalue weighted by molar-refractivity contribution is -0.105. The Labute approximate surface area is 154 Å². The molecule has 3 aromatic rings. The largest absolute Gasteiger partial charge is 0.388 e. The SMILES string of the molecule is Cl.N=C(N)CCNC(=O)c1ccc2[nH]c(-c3ccc(NC=O)[nH]3)nc2c1. The zero-order valence-corrected chi connectivity index (χ0v) is 14.4. The third kappa shape index (κ3) is 4.19. The van der Waals surface area contributed by atoms with E-state index < -0.39 is 0 Å². The van der Waals surface area contributed by atoms with Gasteiger partial charge in [-0.3, -0.25) is 15.0 Å². The van der Waals surface area contributed by atoms with E-state index in [1.165, 1.54) is 0 Å². The maximum Gasteiger partial charge on any atom is 0.251 e. The quantitative estimate of drug-likeness (QED) is 0.211. The van der Waals surface area contributed by atoms with E-state index in [-0.39, 0.29) is 24.1 Å². The molecule has 0 aliphatic heterocycles. The molecule has 0 aliphatic rings. The van der Waals surface area contributed by atoms with Gasteiger partial charge in [0.05, 0.1) is 22.6 Å². The van der Waals surface area contributed by atoms with Crippen LogP contribution in [0.25, 0.3) is 22.6 Å². The van der Waals surface area contributed by atoms with Gasteiger partial charge < -0.3 is 26.3 Å². The van der Waals surface area contributed by atoms with Crippen molar-refractivity contribution < 1.29 is 9.59 Å². The number of aromatic nitrogens is 3. The summed E-state index contributed by atoms with van der Waals surface area (Å²) in [7, 11) is 0. The van der Waals surface area contributed by atoms with Crippen LogP contribution in [0.5, 0.6) is 0 Å². The van der Waals surface area contributed by atoms with Gasteiger partial charge in [-0.1, -0.05) is 0 Å².